The maximum Gasteiger partial charge on any atom is 0.137 e. The van der Waals surface area contributed by atoms with Gasteiger partial charge in [-0.15, -0.1) is 12.4 Å². The summed E-state index contributed by atoms with van der Waals surface area (Å²) in [5.41, 5.74) is 1.25. The fourth-order valence-electron chi connectivity index (χ4n) is 3.28. The largest absolute Gasteiger partial charge is 0.491 e. The zero-order chi connectivity index (χ0) is 16.8. The molecule has 5 nitrogen and oxygen atoms in total. The van der Waals surface area contributed by atoms with Gasteiger partial charge in [0.25, 0.3) is 0 Å². The first-order valence-electron chi connectivity index (χ1n) is 8.88. The summed E-state index contributed by atoms with van der Waals surface area (Å²) in [7, 11) is 0. The van der Waals surface area contributed by atoms with Gasteiger partial charge in [0.2, 0.25) is 0 Å². The van der Waals surface area contributed by atoms with E-state index in [1.807, 2.05) is 12.1 Å². The van der Waals surface area contributed by atoms with Crippen LogP contribution in [0.3, 0.4) is 0 Å². The maximum atomic E-state index is 6.41. The average molecular weight is 390 g/mol. The number of nitrogens with zero attached hydrogens (tertiary/aromatic N) is 2. The van der Waals surface area contributed by atoms with Crippen molar-refractivity contribution in [3.63, 3.8) is 0 Å². The predicted molar refractivity (Wildman–Crippen MR) is 104 cm³/mol. The van der Waals surface area contributed by atoms with E-state index in [-0.39, 0.29) is 12.4 Å². The highest BCUT2D eigenvalue weighted by Gasteiger charge is 2.16. The Morgan fingerprint density at radius 3 is 2.76 bits per heavy atom. The summed E-state index contributed by atoms with van der Waals surface area (Å²) >= 11 is 6.41. The van der Waals surface area contributed by atoms with Crippen LogP contribution in [0.4, 0.5) is 0 Å². The lowest BCUT2D eigenvalue weighted by atomic mass is 10.1. The highest BCUT2D eigenvalue weighted by atomic mass is 35.5. The van der Waals surface area contributed by atoms with Gasteiger partial charge in [-0.3, -0.25) is 9.80 Å². The van der Waals surface area contributed by atoms with Gasteiger partial charge in [0.15, 0.2) is 0 Å². The Hall–Kier alpha value is -0.560. The lowest BCUT2D eigenvalue weighted by molar-refractivity contribution is 0.0322. The summed E-state index contributed by atoms with van der Waals surface area (Å²) < 4.78 is 11.2. The van der Waals surface area contributed by atoms with Crippen molar-refractivity contribution in [1.82, 2.24) is 15.1 Å². The maximum absolute atomic E-state index is 6.41. The van der Waals surface area contributed by atoms with Crippen LogP contribution >= 0.6 is 24.0 Å². The minimum Gasteiger partial charge on any atom is -0.491 e. The second kappa shape index (κ2) is 10.6. The van der Waals surface area contributed by atoms with Gasteiger partial charge in [-0.05, 0) is 24.6 Å². The van der Waals surface area contributed by atoms with E-state index in [9.17, 15) is 0 Å². The first kappa shape index (κ1) is 20.7. The molecule has 1 aromatic rings. The fraction of sp³-hybridized carbons (Fsp3) is 0.667. The number of hydrogen-bond donors (Lipinski definition) is 1. The topological polar surface area (TPSA) is 37.0 Å². The Morgan fingerprint density at radius 2 is 2.04 bits per heavy atom. The molecule has 1 aromatic carbocycles. The summed E-state index contributed by atoms with van der Waals surface area (Å²) in [6, 6.07) is 6.72. The Morgan fingerprint density at radius 1 is 1.24 bits per heavy atom. The molecule has 0 amide bonds. The van der Waals surface area contributed by atoms with Crippen LogP contribution < -0.4 is 10.1 Å². The molecule has 1 N–H and O–H groups in total. The van der Waals surface area contributed by atoms with Crippen LogP contribution in [0.15, 0.2) is 18.2 Å². The molecule has 3 rings (SSSR count). The third kappa shape index (κ3) is 6.59. The van der Waals surface area contributed by atoms with Crippen LogP contribution in [-0.4, -0.2) is 74.9 Å². The van der Waals surface area contributed by atoms with Crippen LogP contribution in [-0.2, 0) is 11.3 Å². The van der Waals surface area contributed by atoms with E-state index in [2.05, 4.69) is 28.1 Å². The van der Waals surface area contributed by atoms with Gasteiger partial charge in [0.1, 0.15) is 12.4 Å². The molecule has 2 heterocycles. The second-order valence-corrected chi connectivity index (χ2v) is 7.06. The number of hydrogen-bond acceptors (Lipinski definition) is 5. The summed E-state index contributed by atoms with van der Waals surface area (Å²) in [5, 5.41) is 4.18. The molecule has 2 aliphatic heterocycles. The first-order chi connectivity index (χ1) is 11.7. The lowest BCUT2D eigenvalue weighted by Gasteiger charge is -2.31. The van der Waals surface area contributed by atoms with E-state index < -0.39 is 0 Å². The van der Waals surface area contributed by atoms with Gasteiger partial charge >= 0.3 is 0 Å². The molecule has 7 heteroatoms. The summed E-state index contributed by atoms with van der Waals surface area (Å²) in [6.07, 6.45) is 0. The molecule has 0 aromatic heterocycles. The van der Waals surface area contributed by atoms with Crippen LogP contribution in [0, 0.1) is 0 Å². The van der Waals surface area contributed by atoms with Crippen molar-refractivity contribution >= 4 is 24.0 Å². The normalized spacial score (nSPS) is 22.4. The van der Waals surface area contributed by atoms with E-state index in [0.717, 1.165) is 64.8 Å². The number of nitrogens with one attached hydrogen (secondary N) is 1. The van der Waals surface area contributed by atoms with Crippen LogP contribution in [0.5, 0.6) is 5.75 Å². The Balaban J connectivity index is 0.00000225. The van der Waals surface area contributed by atoms with Crippen molar-refractivity contribution in [1.29, 1.82) is 0 Å². The standard InChI is InChI=1S/C18H28ClN3O2.ClH/c1-15-13-22(5-4-20-15)14-16-2-3-18(17(19)12-16)24-11-8-21-6-9-23-10-7-21;/h2-3,12,15,20H,4-11,13-14H2,1H3;1H. The van der Waals surface area contributed by atoms with Crippen LogP contribution in [0.25, 0.3) is 0 Å². The van der Waals surface area contributed by atoms with Crippen molar-refractivity contribution in [3.05, 3.63) is 28.8 Å². The zero-order valence-corrected chi connectivity index (χ0v) is 16.5. The van der Waals surface area contributed by atoms with Crippen molar-refractivity contribution in [2.24, 2.45) is 0 Å². The molecule has 2 saturated heterocycles. The molecular formula is C18H29Cl2N3O2. The number of morpholine rings is 1. The van der Waals surface area contributed by atoms with E-state index in [1.54, 1.807) is 0 Å². The van der Waals surface area contributed by atoms with E-state index >= 15 is 0 Å². The van der Waals surface area contributed by atoms with Crippen molar-refractivity contribution < 1.29 is 9.47 Å². The number of benzene rings is 1. The Kier molecular flexibility index (Phi) is 8.76. The number of rotatable bonds is 6. The SMILES string of the molecule is CC1CN(Cc2ccc(OCCN3CCOCC3)c(Cl)c2)CCN1.Cl. The summed E-state index contributed by atoms with van der Waals surface area (Å²) in [6.45, 7) is 11.6. The Labute approximate surface area is 162 Å². The predicted octanol–water partition coefficient (Wildman–Crippen LogP) is 2.27. The van der Waals surface area contributed by atoms with Crippen molar-refractivity contribution in [2.75, 3.05) is 59.1 Å². The zero-order valence-electron chi connectivity index (χ0n) is 14.9. The average Bonchev–Trinajstić information content (AvgIpc) is 2.58. The minimum atomic E-state index is 0. The lowest BCUT2D eigenvalue weighted by Crippen LogP contribution is -2.48. The van der Waals surface area contributed by atoms with Crippen molar-refractivity contribution in [3.8, 4) is 5.75 Å². The quantitative estimate of drug-likeness (QED) is 0.807. The smallest absolute Gasteiger partial charge is 0.137 e. The minimum absolute atomic E-state index is 0. The molecule has 0 bridgehead atoms. The van der Waals surface area contributed by atoms with E-state index in [1.165, 1.54) is 5.56 Å². The molecule has 2 fully saturated rings. The summed E-state index contributed by atoms with van der Waals surface area (Å²) in [4.78, 5) is 4.82. The van der Waals surface area contributed by atoms with E-state index in [4.69, 9.17) is 21.1 Å². The van der Waals surface area contributed by atoms with Gasteiger partial charge in [0.05, 0.1) is 18.2 Å². The first-order valence-corrected chi connectivity index (χ1v) is 9.25. The Bertz CT molecular complexity index is 527. The number of ether oxygens (including phenoxy) is 2. The van der Waals surface area contributed by atoms with Gasteiger partial charge in [-0.1, -0.05) is 17.7 Å². The molecule has 0 aliphatic carbocycles. The molecule has 142 valence electrons. The molecule has 1 unspecified atom stereocenters. The van der Waals surface area contributed by atoms with Gasteiger partial charge in [0, 0.05) is 51.9 Å². The monoisotopic (exact) mass is 389 g/mol. The number of piperazine rings is 1. The van der Waals surface area contributed by atoms with Gasteiger partial charge < -0.3 is 14.8 Å². The fourth-order valence-corrected chi connectivity index (χ4v) is 3.54. The molecule has 0 radical (unpaired) electrons. The highest BCUT2D eigenvalue weighted by Crippen LogP contribution is 2.26. The molecule has 2 aliphatic rings. The van der Waals surface area contributed by atoms with Crippen LogP contribution in [0.1, 0.15) is 12.5 Å². The van der Waals surface area contributed by atoms with Gasteiger partial charge in [-0.2, -0.15) is 0 Å². The van der Waals surface area contributed by atoms with Crippen molar-refractivity contribution in [2.45, 2.75) is 19.5 Å². The molecular weight excluding hydrogens is 361 g/mol. The van der Waals surface area contributed by atoms with Gasteiger partial charge in [-0.25, -0.2) is 0 Å². The number of halogens is 2. The van der Waals surface area contributed by atoms with E-state index in [0.29, 0.717) is 17.7 Å². The highest BCUT2D eigenvalue weighted by molar-refractivity contribution is 6.32. The third-order valence-electron chi connectivity index (χ3n) is 4.62. The second-order valence-electron chi connectivity index (χ2n) is 6.66. The molecule has 1 atom stereocenters. The molecule has 25 heavy (non-hydrogen) atoms. The summed E-state index contributed by atoms with van der Waals surface area (Å²) in [5.74, 6) is 0.780. The van der Waals surface area contributed by atoms with Crippen LogP contribution in [0.2, 0.25) is 5.02 Å². The molecule has 0 spiro atoms. The molecule has 0 saturated carbocycles. The third-order valence-corrected chi connectivity index (χ3v) is 4.92.